The van der Waals surface area contributed by atoms with E-state index in [1.54, 1.807) is 6.20 Å². The highest BCUT2D eigenvalue weighted by molar-refractivity contribution is 5.91. The summed E-state index contributed by atoms with van der Waals surface area (Å²) in [5.41, 5.74) is 9.14. The van der Waals surface area contributed by atoms with Crippen LogP contribution >= 0.6 is 0 Å². The molecule has 0 aromatic carbocycles. The number of pyridine rings is 2. The molecule has 0 saturated carbocycles. The number of nitrogens with zero attached hydrogens (tertiary/aromatic N) is 4. The highest BCUT2D eigenvalue weighted by atomic mass is 15.2. The van der Waals surface area contributed by atoms with Crippen LogP contribution in [0.3, 0.4) is 0 Å². The average molecular weight is 309 g/mol. The minimum absolute atomic E-state index is 0.412. The highest BCUT2D eigenvalue weighted by Gasteiger charge is 2.15. The lowest BCUT2D eigenvalue weighted by atomic mass is 10.1. The maximum Gasteiger partial charge on any atom is 0.129 e. The van der Waals surface area contributed by atoms with Crippen LogP contribution in [0.5, 0.6) is 0 Å². The van der Waals surface area contributed by atoms with Crippen LogP contribution in [-0.4, -0.2) is 46.3 Å². The molecular formula is C16H19N7. The van der Waals surface area contributed by atoms with E-state index in [1.165, 1.54) is 0 Å². The summed E-state index contributed by atoms with van der Waals surface area (Å²) in [6.07, 6.45) is 1.77. The summed E-state index contributed by atoms with van der Waals surface area (Å²) in [5, 5.41) is 11.8. The van der Waals surface area contributed by atoms with E-state index < -0.39 is 0 Å². The molecule has 0 amide bonds. The molecular weight excluding hydrogens is 290 g/mol. The van der Waals surface area contributed by atoms with Gasteiger partial charge in [0.2, 0.25) is 0 Å². The second-order valence-corrected chi connectivity index (χ2v) is 5.62. The highest BCUT2D eigenvalue weighted by Crippen LogP contribution is 2.26. The Morgan fingerprint density at radius 1 is 1.22 bits per heavy atom. The first-order chi connectivity index (χ1) is 11.3. The van der Waals surface area contributed by atoms with E-state index in [9.17, 15) is 0 Å². The Morgan fingerprint density at radius 3 is 2.91 bits per heavy atom. The van der Waals surface area contributed by atoms with Gasteiger partial charge in [0.05, 0.1) is 23.1 Å². The van der Waals surface area contributed by atoms with Crippen LogP contribution in [0, 0.1) is 0 Å². The predicted molar refractivity (Wildman–Crippen MR) is 90.1 cm³/mol. The van der Waals surface area contributed by atoms with Gasteiger partial charge >= 0.3 is 0 Å². The number of fused-ring (bicyclic) bond motifs is 1. The minimum Gasteiger partial charge on any atom is -0.354 e. The number of rotatable bonds is 3. The molecule has 0 radical (unpaired) electrons. The van der Waals surface area contributed by atoms with Crippen LogP contribution in [0.25, 0.3) is 22.3 Å². The van der Waals surface area contributed by atoms with E-state index in [-0.39, 0.29) is 0 Å². The lowest BCUT2D eigenvalue weighted by Crippen LogP contribution is -2.43. The van der Waals surface area contributed by atoms with E-state index in [4.69, 9.17) is 10.7 Å². The van der Waals surface area contributed by atoms with E-state index in [2.05, 4.69) is 31.5 Å². The van der Waals surface area contributed by atoms with Gasteiger partial charge in [-0.15, -0.1) is 0 Å². The van der Waals surface area contributed by atoms with Crippen LogP contribution in [0.15, 0.2) is 30.5 Å². The Bertz CT molecular complexity index is 820. The van der Waals surface area contributed by atoms with Crippen LogP contribution < -0.4 is 16.0 Å². The van der Waals surface area contributed by atoms with Gasteiger partial charge in [-0.25, -0.2) is 4.98 Å². The lowest BCUT2D eigenvalue weighted by Gasteiger charge is -2.28. The zero-order valence-electron chi connectivity index (χ0n) is 12.8. The first-order valence-electron chi connectivity index (χ1n) is 7.81. The molecule has 4 rings (SSSR count). The van der Waals surface area contributed by atoms with Crippen molar-refractivity contribution in [1.82, 2.24) is 25.5 Å². The van der Waals surface area contributed by atoms with Crippen molar-refractivity contribution >= 4 is 16.7 Å². The van der Waals surface area contributed by atoms with Crippen molar-refractivity contribution in [1.29, 1.82) is 0 Å². The zero-order valence-corrected chi connectivity index (χ0v) is 12.8. The van der Waals surface area contributed by atoms with E-state index >= 15 is 0 Å². The predicted octanol–water partition coefficient (Wildman–Crippen LogP) is 0.888. The van der Waals surface area contributed by atoms with Crippen LogP contribution in [0.4, 0.5) is 5.82 Å². The third-order valence-corrected chi connectivity index (χ3v) is 4.13. The second-order valence-electron chi connectivity index (χ2n) is 5.62. The molecule has 1 fully saturated rings. The van der Waals surface area contributed by atoms with E-state index in [1.807, 2.05) is 18.2 Å². The van der Waals surface area contributed by atoms with Crippen molar-refractivity contribution in [2.24, 2.45) is 5.73 Å². The Labute approximate surface area is 133 Å². The monoisotopic (exact) mass is 309 g/mol. The summed E-state index contributed by atoms with van der Waals surface area (Å²) in [6.45, 7) is 4.33. The van der Waals surface area contributed by atoms with Gasteiger partial charge in [0, 0.05) is 38.1 Å². The standard InChI is InChI=1S/C16H19N7/c17-9-11-8-12-14(10-19-11)21-22-16(12)13-2-1-3-15(20-13)23-6-4-18-5-7-23/h1-3,8,10,18H,4-7,9,17H2,(H,21,22). The summed E-state index contributed by atoms with van der Waals surface area (Å²) in [5.74, 6) is 0.994. The van der Waals surface area contributed by atoms with Crippen molar-refractivity contribution in [3.05, 3.63) is 36.2 Å². The maximum absolute atomic E-state index is 5.70. The zero-order chi connectivity index (χ0) is 15.6. The molecule has 23 heavy (non-hydrogen) atoms. The summed E-state index contributed by atoms with van der Waals surface area (Å²) in [6, 6.07) is 8.05. The fourth-order valence-electron chi connectivity index (χ4n) is 2.89. The number of H-pyrrole nitrogens is 1. The van der Waals surface area contributed by atoms with Crippen molar-refractivity contribution in [3.8, 4) is 11.4 Å². The largest absolute Gasteiger partial charge is 0.354 e. The first-order valence-corrected chi connectivity index (χ1v) is 7.81. The molecule has 1 aliphatic heterocycles. The lowest BCUT2D eigenvalue weighted by molar-refractivity contribution is 0.585. The SMILES string of the molecule is NCc1cc2c(-c3cccc(N4CCNCC4)n3)n[nH]c2cn1. The van der Waals surface area contributed by atoms with Crippen molar-refractivity contribution in [2.45, 2.75) is 6.54 Å². The number of anilines is 1. The van der Waals surface area contributed by atoms with Crippen LogP contribution in [-0.2, 0) is 6.54 Å². The van der Waals surface area contributed by atoms with Gasteiger partial charge in [-0.2, -0.15) is 5.10 Å². The number of hydrogen-bond acceptors (Lipinski definition) is 6. The Morgan fingerprint density at radius 2 is 2.09 bits per heavy atom. The van der Waals surface area contributed by atoms with E-state index in [0.29, 0.717) is 6.54 Å². The average Bonchev–Trinajstić information content (AvgIpc) is 3.05. The Balaban J connectivity index is 1.75. The van der Waals surface area contributed by atoms with Crippen molar-refractivity contribution in [3.63, 3.8) is 0 Å². The third kappa shape index (κ3) is 2.64. The van der Waals surface area contributed by atoms with Gasteiger partial charge in [-0.05, 0) is 18.2 Å². The molecule has 0 aliphatic carbocycles. The molecule has 7 heteroatoms. The van der Waals surface area contributed by atoms with E-state index in [0.717, 1.165) is 60.0 Å². The van der Waals surface area contributed by atoms with Gasteiger partial charge in [0.15, 0.2) is 0 Å². The molecule has 0 unspecified atom stereocenters. The molecule has 4 N–H and O–H groups in total. The minimum atomic E-state index is 0.412. The van der Waals surface area contributed by atoms with Gasteiger partial charge in [0.25, 0.3) is 0 Å². The second kappa shape index (κ2) is 5.94. The molecule has 3 aromatic rings. The molecule has 3 aromatic heterocycles. The third-order valence-electron chi connectivity index (χ3n) is 4.13. The topological polar surface area (TPSA) is 95.7 Å². The molecule has 1 saturated heterocycles. The number of aromatic nitrogens is 4. The summed E-state index contributed by atoms with van der Waals surface area (Å²) < 4.78 is 0. The summed E-state index contributed by atoms with van der Waals surface area (Å²) in [4.78, 5) is 11.4. The van der Waals surface area contributed by atoms with Gasteiger partial charge in [-0.3, -0.25) is 10.1 Å². The molecule has 0 atom stereocenters. The molecule has 0 spiro atoms. The van der Waals surface area contributed by atoms with Gasteiger partial charge < -0.3 is 16.0 Å². The van der Waals surface area contributed by atoms with Crippen LogP contribution in [0.2, 0.25) is 0 Å². The Hall–Kier alpha value is -2.51. The maximum atomic E-state index is 5.70. The smallest absolute Gasteiger partial charge is 0.129 e. The number of aromatic amines is 1. The Kier molecular flexibility index (Phi) is 3.64. The van der Waals surface area contributed by atoms with Gasteiger partial charge in [0.1, 0.15) is 11.5 Å². The number of nitrogens with two attached hydrogens (primary N) is 1. The van der Waals surface area contributed by atoms with Crippen molar-refractivity contribution < 1.29 is 0 Å². The molecule has 7 nitrogen and oxygen atoms in total. The fraction of sp³-hybridized carbons (Fsp3) is 0.312. The molecule has 1 aliphatic rings. The quantitative estimate of drug-likeness (QED) is 0.665. The number of hydrogen-bond donors (Lipinski definition) is 3. The first kappa shape index (κ1) is 14.1. The van der Waals surface area contributed by atoms with Crippen LogP contribution in [0.1, 0.15) is 5.69 Å². The molecule has 118 valence electrons. The number of piperazine rings is 1. The fourth-order valence-corrected chi connectivity index (χ4v) is 2.89. The normalized spacial score (nSPS) is 15.3. The number of nitrogens with one attached hydrogen (secondary N) is 2. The summed E-state index contributed by atoms with van der Waals surface area (Å²) >= 11 is 0. The molecule has 0 bridgehead atoms. The van der Waals surface area contributed by atoms with Crippen molar-refractivity contribution in [2.75, 3.05) is 31.1 Å². The summed E-state index contributed by atoms with van der Waals surface area (Å²) in [7, 11) is 0. The van der Waals surface area contributed by atoms with Gasteiger partial charge in [-0.1, -0.05) is 6.07 Å². The molecule has 4 heterocycles.